The van der Waals surface area contributed by atoms with E-state index in [2.05, 4.69) is 11.4 Å². The van der Waals surface area contributed by atoms with Crippen LogP contribution in [0.15, 0.2) is 29.2 Å². The standard InChI is InChI=1S/C14H17FN2OS/c1-10(2)14(3,9-16)17-13(18)8-19-12-7-5-4-6-11(12)15/h4-7,10H,8H2,1-3H3,(H,17,18). The molecule has 1 aromatic carbocycles. The number of benzene rings is 1. The molecule has 1 rings (SSSR count). The van der Waals surface area contributed by atoms with Crippen molar-refractivity contribution in [1.29, 1.82) is 5.26 Å². The zero-order chi connectivity index (χ0) is 14.5. The summed E-state index contributed by atoms with van der Waals surface area (Å²) in [5, 5.41) is 11.8. The summed E-state index contributed by atoms with van der Waals surface area (Å²) in [4.78, 5) is 12.2. The Bertz CT molecular complexity index is 498. The van der Waals surface area contributed by atoms with Gasteiger partial charge in [-0.3, -0.25) is 4.79 Å². The number of carbonyl (C=O) groups is 1. The lowest BCUT2D eigenvalue weighted by Crippen LogP contribution is -2.49. The Morgan fingerprint density at radius 3 is 2.68 bits per heavy atom. The molecule has 0 spiro atoms. The Hall–Kier alpha value is -1.54. The molecular weight excluding hydrogens is 263 g/mol. The first kappa shape index (κ1) is 15.5. The van der Waals surface area contributed by atoms with Crippen molar-refractivity contribution >= 4 is 17.7 Å². The second-order valence-electron chi connectivity index (χ2n) is 4.74. The van der Waals surface area contributed by atoms with Gasteiger partial charge < -0.3 is 5.32 Å². The highest BCUT2D eigenvalue weighted by Crippen LogP contribution is 2.21. The summed E-state index contributed by atoms with van der Waals surface area (Å²) in [6, 6.07) is 8.40. The van der Waals surface area contributed by atoms with Gasteiger partial charge in [0.25, 0.3) is 0 Å². The van der Waals surface area contributed by atoms with Gasteiger partial charge in [-0.15, -0.1) is 11.8 Å². The summed E-state index contributed by atoms with van der Waals surface area (Å²) in [5.41, 5.74) is -0.896. The van der Waals surface area contributed by atoms with Gasteiger partial charge in [-0.1, -0.05) is 26.0 Å². The molecule has 1 atom stereocenters. The Balaban J connectivity index is 2.58. The van der Waals surface area contributed by atoms with E-state index in [-0.39, 0.29) is 23.4 Å². The number of nitrogens with zero attached hydrogens (tertiary/aromatic N) is 1. The first-order valence-corrected chi connectivity index (χ1v) is 6.97. The summed E-state index contributed by atoms with van der Waals surface area (Å²) in [6.45, 7) is 5.42. The van der Waals surface area contributed by atoms with Gasteiger partial charge in [0.1, 0.15) is 11.4 Å². The Kier molecular flexibility index (Phi) is 5.37. The van der Waals surface area contributed by atoms with Gasteiger partial charge in [-0.05, 0) is 25.0 Å². The number of thioether (sulfide) groups is 1. The maximum Gasteiger partial charge on any atom is 0.231 e. The summed E-state index contributed by atoms with van der Waals surface area (Å²) in [7, 11) is 0. The Morgan fingerprint density at radius 1 is 1.53 bits per heavy atom. The van der Waals surface area contributed by atoms with Crippen LogP contribution in [0.25, 0.3) is 0 Å². The molecule has 0 aromatic heterocycles. The van der Waals surface area contributed by atoms with E-state index >= 15 is 0 Å². The van der Waals surface area contributed by atoms with Gasteiger partial charge >= 0.3 is 0 Å². The van der Waals surface area contributed by atoms with E-state index in [4.69, 9.17) is 5.26 Å². The number of halogens is 1. The number of nitrogens with one attached hydrogen (secondary N) is 1. The molecule has 1 N–H and O–H groups in total. The van der Waals surface area contributed by atoms with Crippen molar-refractivity contribution in [2.24, 2.45) is 5.92 Å². The van der Waals surface area contributed by atoms with E-state index in [0.717, 1.165) is 11.8 Å². The fourth-order valence-electron chi connectivity index (χ4n) is 1.33. The lowest BCUT2D eigenvalue weighted by molar-refractivity contribution is -0.120. The van der Waals surface area contributed by atoms with Crippen LogP contribution in [-0.4, -0.2) is 17.2 Å². The summed E-state index contributed by atoms with van der Waals surface area (Å²) in [5.74, 6) is -0.525. The van der Waals surface area contributed by atoms with Crippen molar-refractivity contribution in [1.82, 2.24) is 5.32 Å². The van der Waals surface area contributed by atoms with Crippen molar-refractivity contribution in [3.63, 3.8) is 0 Å². The van der Waals surface area contributed by atoms with Crippen molar-refractivity contribution in [3.8, 4) is 6.07 Å². The molecule has 0 aliphatic rings. The fourth-order valence-corrected chi connectivity index (χ4v) is 2.07. The van der Waals surface area contributed by atoms with Gasteiger partial charge in [0.05, 0.1) is 11.8 Å². The maximum atomic E-state index is 13.4. The van der Waals surface area contributed by atoms with Gasteiger partial charge in [-0.2, -0.15) is 5.26 Å². The van der Waals surface area contributed by atoms with Gasteiger partial charge in [0.2, 0.25) is 5.91 Å². The third-order valence-electron chi connectivity index (χ3n) is 2.98. The van der Waals surface area contributed by atoms with E-state index < -0.39 is 5.54 Å². The molecule has 0 saturated heterocycles. The van der Waals surface area contributed by atoms with E-state index in [1.54, 1.807) is 25.1 Å². The van der Waals surface area contributed by atoms with Crippen LogP contribution in [0.3, 0.4) is 0 Å². The molecule has 0 aliphatic carbocycles. The van der Waals surface area contributed by atoms with Crippen LogP contribution < -0.4 is 5.32 Å². The molecule has 0 fully saturated rings. The fraction of sp³-hybridized carbons (Fsp3) is 0.429. The number of carbonyl (C=O) groups excluding carboxylic acids is 1. The molecule has 1 amide bonds. The van der Waals surface area contributed by atoms with Crippen LogP contribution in [-0.2, 0) is 4.79 Å². The third-order valence-corrected chi connectivity index (χ3v) is 4.03. The molecule has 0 bridgehead atoms. The van der Waals surface area contributed by atoms with Crippen LogP contribution >= 0.6 is 11.8 Å². The largest absolute Gasteiger partial charge is 0.337 e. The number of hydrogen-bond acceptors (Lipinski definition) is 3. The number of hydrogen-bond donors (Lipinski definition) is 1. The van der Waals surface area contributed by atoms with Gasteiger partial charge in [0, 0.05) is 4.90 Å². The van der Waals surface area contributed by atoms with E-state index in [1.165, 1.54) is 6.07 Å². The topological polar surface area (TPSA) is 52.9 Å². The van der Waals surface area contributed by atoms with Crippen LogP contribution in [0.2, 0.25) is 0 Å². The first-order valence-electron chi connectivity index (χ1n) is 5.98. The zero-order valence-corrected chi connectivity index (χ0v) is 12.1. The number of amides is 1. The number of rotatable bonds is 5. The second kappa shape index (κ2) is 6.58. The molecule has 1 unspecified atom stereocenters. The van der Waals surface area contributed by atoms with Crippen molar-refractivity contribution in [2.45, 2.75) is 31.2 Å². The molecule has 0 radical (unpaired) electrons. The molecule has 102 valence electrons. The predicted octanol–water partition coefficient (Wildman–Crippen LogP) is 2.97. The minimum Gasteiger partial charge on any atom is -0.337 e. The van der Waals surface area contributed by atoms with Crippen molar-refractivity contribution in [2.75, 3.05) is 5.75 Å². The van der Waals surface area contributed by atoms with Crippen molar-refractivity contribution in [3.05, 3.63) is 30.1 Å². The zero-order valence-electron chi connectivity index (χ0n) is 11.2. The molecule has 0 saturated carbocycles. The highest BCUT2D eigenvalue weighted by atomic mass is 32.2. The molecule has 3 nitrogen and oxygen atoms in total. The first-order chi connectivity index (χ1) is 8.89. The monoisotopic (exact) mass is 280 g/mol. The van der Waals surface area contributed by atoms with Crippen LogP contribution in [0.5, 0.6) is 0 Å². The molecule has 0 aliphatic heterocycles. The van der Waals surface area contributed by atoms with Gasteiger partial charge in [0.15, 0.2) is 0 Å². The molecule has 1 aromatic rings. The maximum absolute atomic E-state index is 13.4. The average Bonchev–Trinajstić information content (AvgIpc) is 2.37. The molecule has 5 heteroatoms. The summed E-state index contributed by atoms with van der Waals surface area (Å²) >= 11 is 1.12. The average molecular weight is 280 g/mol. The minimum absolute atomic E-state index is 0.0000820. The normalized spacial score (nSPS) is 13.7. The summed E-state index contributed by atoms with van der Waals surface area (Å²) in [6.07, 6.45) is 0. The highest BCUT2D eigenvalue weighted by molar-refractivity contribution is 8.00. The van der Waals surface area contributed by atoms with Crippen LogP contribution in [0.4, 0.5) is 4.39 Å². The van der Waals surface area contributed by atoms with Crippen LogP contribution in [0, 0.1) is 23.1 Å². The number of nitriles is 1. The Morgan fingerprint density at radius 2 is 2.16 bits per heavy atom. The molecule has 0 heterocycles. The van der Waals surface area contributed by atoms with E-state index in [1.807, 2.05) is 13.8 Å². The molecule has 19 heavy (non-hydrogen) atoms. The van der Waals surface area contributed by atoms with E-state index in [0.29, 0.717) is 4.90 Å². The SMILES string of the molecule is CC(C)C(C)(C#N)NC(=O)CSc1ccccc1F. The second-order valence-corrected chi connectivity index (χ2v) is 5.75. The lowest BCUT2D eigenvalue weighted by atomic mass is 9.90. The quantitative estimate of drug-likeness (QED) is 0.844. The Labute approximate surface area is 117 Å². The lowest BCUT2D eigenvalue weighted by Gasteiger charge is -2.27. The highest BCUT2D eigenvalue weighted by Gasteiger charge is 2.29. The van der Waals surface area contributed by atoms with E-state index in [9.17, 15) is 9.18 Å². The van der Waals surface area contributed by atoms with Gasteiger partial charge in [-0.25, -0.2) is 4.39 Å². The predicted molar refractivity (Wildman–Crippen MR) is 74.1 cm³/mol. The van der Waals surface area contributed by atoms with Crippen LogP contribution in [0.1, 0.15) is 20.8 Å². The van der Waals surface area contributed by atoms with Crippen molar-refractivity contribution < 1.29 is 9.18 Å². The summed E-state index contributed by atoms with van der Waals surface area (Å²) < 4.78 is 13.4. The molecular formula is C14H17FN2OS. The third kappa shape index (κ3) is 4.25. The minimum atomic E-state index is -0.896. The smallest absolute Gasteiger partial charge is 0.231 e.